The van der Waals surface area contributed by atoms with Crippen molar-refractivity contribution in [2.45, 2.75) is 32.6 Å². The van der Waals surface area contributed by atoms with E-state index >= 15 is 0 Å². The highest BCUT2D eigenvalue weighted by atomic mass is 35.5. The van der Waals surface area contributed by atoms with Gasteiger partial charge >= 0.3 is 11.8 Å². The first-order valence-electron chi connectivity index (χ1n) is 9.72. The third-order valence-corrected chi connectivity index (χ3v) is 5.38. The lowest BCUT2D eigenvalue weighted by Gasteiger charge is -2.17. The molecule has 2 N–H and O–H groups in total. The minimum absolute atomic E-state index is 0.453. The van der Waals surface area contributed by atoms with Crippen LogP contribution in [-0.2, 0) is 16.0 Å². The van der Waals surface area contributed by atoms with Gasteiger partial charge in [0, 0.05) is 36.0 Å². The van der Waals surface area contributed by atoms with E-state index in [2.05, 4.69) is 39.8 Å². The largest absolute Gasteiger partial charge is 0.372 e. The molecule has 148 valence electrons. The number of anilines is 2. The summed E-state index contributed by atoms with van der Waals surface area (Å²) in [5, 5.41) is 5.77. The zero-order chi connectivity index (χ0) is 19.9. The average molecular weight is 400 g/mol. The second kappa shape index (κ2) is 9.60. The number of nitrogens with zero attached hydrogens (tertiary/aromatic N) is 1. The first-order valence-corrected chi connectivity index (χ1v) is 10.1. The molecule has 1 aliphatic heterocycles. The van der Waals surface area contributed by atoms with E-state index in [1.54, 1.807) is 18.2 Å². The van der Waals surface area contributed by atoms with Crippen LogP contribution >= 0.6 is 11.6 Å². The topological polar surface area (TPSA) is 61.4 Å². The average Bonchev–Trinajstić information content (AvgIpc) is 3.23. The van der Waals surface area contributed by atoms with Crippen LogP contribution in [0.3, 0.4) is 0 Å². The van der Waals surface area contributed by atoms with Crippen molar-refractivity contribution >= 4 is 34.8 Å². The molecule has 0 aromatic heterocycles. The minimum Gasteiger partial charge on any atom is -0.372 e. The number of nitrogens with one attached hydrogen (secondary N) is 2. The molecule has 0 atom stereocenters. The molecule has 1 saturated heterocycles. The summed E-state index contributed by atoms with van der Waals surface area (Å²) >= 11 is 6.03. The van der Waals surface area contributed by atoms with E-state index in [0.29, 0.717) is 17.3 Å². The highest BCUT2D eigenvalue weighted by Gasteiger charge is 2.14. The molecular weight excluding hydrogens is 374 g/mol. The molecule has 28 heavy (non-hydrogen) atoms. The lowest BCUT2D eigenvalue weighted by Crippen LogP contribution is -2.36. The summed E-state index contributed by atoms with van der Waals surface area (Å²) in [6.07, 6.45) is 4.17. The molecule has 2 amide bonds. The van der Waals surface area contributed by atoms with Crippen LogP contribution in [0.2, 0.25) is 5.02 Å². The molecule has 0 aliphatic carbocycles. The van der Waals surface area contributed by atoms with Crippen LogP contribution in [-0.4, -0.2) is 31.4 Å². The van der Waals surface area contributed by atoms with Crippen LogP contribution in [0.4, 0.5) is 11.4 Å². The molecule has 3 rings (SSSR count). The molecule has 5 nitrogen and oxygen atoms in total. The molecule has 0 unspecified atom stereocenters. The Bertz CT molecular complexity index is 830. The van der Waals surface area contributed by atoms with Crippen molar-refractivity contribution < 1.29 is 9.59 Å². The van der Waals surface area contributed by atoms with Crippen molar-refractivity contribution in [2.75, 3.05) is 29.9 Å². The molecule has 0 bridgehead atoms. The van der Waals surface area contributed by atoms with Crippen LogP contribution < -0.4 is 15.5 Å². The van der Waals surface area contributed by atoms with Crippen molar-refractivity contribution in [3.63, 3.8) is 0 Å². The van der Waals surface area contributed by atoms with Crippen molar-refractivity contribution in [3.05, 3.63) is 58.6 Å². The standard InChI is InChI=1S/C22H26ClN3O2/c1-16-6-9-18(15-20(16)23)25-22(28)21(27)24-12-4-5-17-7-10-19(11-8-17)26-13-2-3-14-26/h6-11,15H,2-5,12-14H2,1H3,(H,24,27)(H,25,28). The molecule has 1 heterocycles. The van der Waals surface area contributed by atoms with Gasteiger partial charge in [0.15, 0.2) is 0 Å². The van der Waals surface area contributed by atoms with E-state index in [4.69, 9.17) is 11.6 Å². The first kappa shape index (κ1) is 20.2. The Labute approximate surface area is 171 Å². The maximum absolute atomic E-state index is 12.0. The van der Waals surface area contributed by atoms with Gasteiger partial charge in [-0.3, -0.25) is 9.59 Å². The van der Waals surface area contributed by atoms with Crippen LogP contribution in [0.15, 0.2) is 42.5 Å². The maximum atomic E-state index is 12.0. The lowest BCUT2D eigenvalue weighted by molar-refractivity contribution is -0.136. The molecule has 1 aliphatic rings. The summed E-state index contributed by atoms with van der Waals surface area (Å²) in [4.78, 5) is 26.3. The van der Waals surface area contributed by atoms with Gasteiger partial charge in [0.1, 0.15) is 0 Å². The number of carbonyl (C=O) groups is 2. The summed E-state index contributed by atoms with van der Waals surface area (Å²) < 4.78 is 0. The smallest absolute Gasteiger partial charge is 0.313 e. The van der Waals surface area contributed by atoms with Crippen molar-refractivity contribution in [2.24, 2.45) is 0 Å². The molecule has 0 spiro atoms. The van der Waals surface area contributed by atoms with Crippen molar-refractivity contribution in [1.29, 1.82) is 0 Å². The summed E-state index contributed by atoms with van der Waals surface area (Å²) in [5.41, 5.74) is 3.93. The van der Waals surface area contributed by atoms with E-state index in [0.717, 1.165) is 31.5 Å². The number of benzene rings is 2. The highest BCUT2D eigenvalue weighted by Crippen LogP contribution is 2.21. The Hall–Kier alpha value is -2.53. The van der Waals surface area contributed by atoms with E-state index in [1.165, 1.54) is 24.1 Å². The normalized spacial score (nSPS) is 13.4. The third kappa shape index (κ3) is 5.49. The van der Waals surface area contributed by atoms with Gasteiger partial charge in [0.2, 0.25) is 0 Å². The van der Waals surface area contributed by atoms with E-state index < -0.39 is 11.8 Å². The van der Waals surface area contributed by atoms with Gasteiger partial charge in [-0.15, -0.1) is 0 Å². The first-order chi connectivity index (χ1) is 13.5. The maximum Gasteiger partial charge on any atom is 0.313 e. The highest BCUT2D eigenvalue weighted by molar-refractivity contribution is 6.39. The number of halogens is 1. The summed E-state index contributed by atoms with van der Waals surface area (Å²) in [6.45, 7) is 4.61. The summed E-state index contributed by atoms with van der Waals surface area (Å²) in [5.74, 6) is -1.32. The van der Waals surface area contributed by atoms with Gasteiger partial charge in [-0.05, 0) is 68.0 Å². The molecule has 6 heteroatoms. The number of hydrogen-bond acceptors (Lipinski definition) is 3. The molecular formula is C22H26ClN3O2. The molecule has 1 fully saturated rings. The Kier molecular flexibility index (Phi) is 6.93. The Morgan fingerprint density at radius 1 is 1.04 bits per heavy atom. The zero-order valence-corrected chi connectivity index (χ0v) is 16.9. The quantitative estimate of drug-likeness (QED) is 0.571. The van der Waals surface area contributed by atoms with E-state index in [9.17, 15) is 9.59 Å². The second-order valence-electron chi connectivity index (χ2n) is 7.14. The predicted molar refractivity (Wildman–Crippen MR) is 114 cm³/mol. The van der Waals surface area contributed by atoms with Gasteiger partial charge in [-0.2, -0.15) is 0 Å². The number of hydrogen-bond donors (Lipinski definition) is 2. The summed E-state index contributed by atoms with van der Waals surface area (Å²) in [6, 6.07) is 13.8. The van der Waals surface area contributed by atoms with Gasteiger partial charge in [0.05, 0.1) is 0 Å². The molecule has 0 radical (unpaired) electrons. The number of rotatable bonds is 6. The summed E-state index contributed by atoms with van der Waals surface area (Å²) in [7, 11) is 0. The number of amides is 2. The van der Waals surface area contributed by atoms with E-state index in [1.807, 2.05) is 6.92 Å². The minimum atomic E-state index is -0.685. The zero-order valence-electron chi connectivity index (χ0n) is 16.1. The fourth-order valence-corrected chi connectivity index (χ4v) is 3.46. The van der Waals surface area contributed by atoms with Gasteiger partial charge < -0.3 is 15.5 Å². The van der Waals surface area contributed by atoms with Gasteiger partial charge in [-0.25, -0.2) is 0 Å². The van der Waals surface area contributed by atoms with Gasteiger partial charge in [-0.1, -0.05) is 29.8 Å². The monoisotopic (exact) mass is 399 g/mol. The Balaban J connectivity index is 1.38. The van der Waals surface area contributed by atoms with Crippen LogP contribution in [0.5, 0.6) is 0 Å². The molecule has 2 aromatic rings. The van der Waals surface area contributed by atoms with Crippen LogP contribution in [0, 0.1) is 6.92 Å². The van der Waals surface area contributed by atoms with Crippen molar-refractivity contribution in [1.82, 2.24) is 5.32 Å². The lowest BCUT2D eigenvalue weighted by atomic mass is 10.1. The van der Waals surface area contributed by atoms with Crippen molar-refractivity contribution in [3.8, 4) is 0 Å². The SMILES string of the molecule is Cc1ccc(NC(=O)C(=O)NCCCc2ccc(N3CCCC3)cc2)cc1Cl. The Morgan fingerprint density at radius 2 is 1.75 bits per heavy atom. The molecule has 2 aromatic carbocycles. The van der Waals surface area contributed by atoms with E-state index in [-0.39, 0.29) is 0 Å². The van der Waals surface area contributed by atoms with Gasteiger partial charge in [0.25, 0.3) is 0 Å². The predicted octanol–water partition coefficient (Wildman–Crippen LogP) is 3.94. The van der Waals surface area contributed by atoms with Crippen LogP contribution in [0.1, 0.15) is 30.4 Å². The molecule has 0 saturated carbocycles. The number of carbonyl (C=O) groups excluding carboxylic acids is 2. The fourth-order valence-electron chi connectivity index (χ4n) is 3.28. The second-order valence-corrected chi connectivity index (χ2v) is 7.55. The number of aryl methyl sites for hydroxylation is 2. The Morgan fingerprint density at radius 3 is 2.43 bits per heavy atom. The fraction of sp³-hybridized carbons (Fsp3) is 0.364. The van der Waals surface area contributed by atoms with Crippen LogP contribution in [0.25, 0.3) is 0 Å². The third-order valence-electron chi connectivity index (χ3n) is 4.97.